The normalized spacial score (nSPS) is 20.5. The predicted octanol–water partition coefficient (Wildman–Crippen LogP) is 3.67. The number of likely N-dealkylation sites (tertiary alicyclic amines) is 1. The highest BCUT2D eigenvalue weighted by Gasteiger charge is 2.32. The van der Waals surface area contributed by atoms with Crippen LogP contribution in [0.1, 0.15) is 48.4 Å². The zero-order chi connectivity index (χ0) is 19.3. The van der Waals surface area contributed by atoms with Crippen LogP contribution in [0.5, 0.6) is 0 Å². The Kier molecular flexibility index (Phi) is 6.06. The molecule has 0 radical (unpaired) electrons. The predicted molar refractivity (Wildman–Crippen MR) is 112 cm³/mol. The summed E-state index contributed by atoms with van der Waals surface area (Å²) in [6.07, 6.45) is 8.22. The molecular formula is C24H31N3O. The Labute approximate surface area is 168 Å². The van der Waals surface area contributed by atoms with Gasteiger partial charge < -0.3 is 9.80 Å². The molecule has 1 saturated heterocycles. The molecule has 2 aromatic rings. The quantitative estimate of drug-likeness (QED) is 0.798. The number of fused-ring (bicyclic) bond motifs is 1. The zero-order valence-corrected chi connectivity index (χ0v) is 16.9. The van der Waals surface area contributed by atoms with E-state index in [0.717, 1.165) is 63.9 Å². The van der Waals surface area contributed by atoms with Crippen LogP contribution >= 0.6 is 0 Å². The summed E-state index contributed by atoms with van der Waals surface area (Å²) >= 11 is 0. The number of piperidine rings is 1. The second-order valence-corrected chi connectivity index (χ2v) is 8.24. The largest absolute Gasteiger partial charge is 0.342 e. The summed E-state index contributed by atoms with van der Waals surface area (Å²) in [4.78, 5) is 22.2. The van der Waals surface area contributed by atoms with Crippen molar-refractivity contribution in [3.8, 4) is 0 Å². The molecule has 0 saturated carbocycles. The number of hydrogen-bond donors (Lipinski definition) is 0. The third-order valence-corrected chi connectivity index (χ3v) is 6.53. The maximum Gasteiger partial charge on any atom is 0.230 e. The second kappa shape index (κ2) is 8.87. The Bertz CT molecular complexity index is 783. The van der Waals surface area contributed by atoms with Gasteiger partial charge in [-0.25, -0.2) is 0 Å². The third kappa shape index (κ3) is 4.27. The SMILES string of the molecule is CN(C(=O)[C@H]1CCCc2ccccc21)C1CCN(CCc2ccccn2)CC1. The molecule has 0 spiro atoms. The number of aromatic nitrogens is 1. The molecule has 0 unspecified atom stereocenters. The lowest BCUT2D eigenvalue weighted by molar-refractivity contribution is -0.134. The van der Waals surface area contributed by atoms with Crippen molar-refractivity contribution in [3.63, 3.8) is 0 Å². The fourth-order valence-electron chi connectivity index (χ4n) is 4.79. The van der Waals surface area contributed by atoms with Crippen molar-refractivity contribution >= 4 is 5.91 Å². The number of likely N-dealkylation sites (N-methyl/N-ethyl adjacent to an activating group) is 1. The van der Waals surface area contributed by atoms with Gasteiger partial charge in [0.25, 0.3) is 0 Å². The van der Waals surface area contributed by atoms with Crippen molar-refractivity contribution in [2.24, 2.45) is 0 Å². The lowest BCUT2D eigenvalue weighted by Crippen LogP contribution is -2.47. The Balaban J connectivity index is 1.30. The highest BCUT2D eigenvalue weighted by atomic mass is 16.2. The van der Waals surface area contributed by atoms with Crippen LogP contribution in [0, 0.1) is 0 Å². The van der Waals surface area contributed by atoms with E-state index in [1.54, 1.807) is 0 Å². The molecule has 2 aliphatic rings. The summed E-state index contributed by atoms with van der Waals surface area (Å²) in [6.45, 7) is 3.18. The minimum Gasteiger partial charge on any atom is -0.342 e. The molecule has 28 heavy (non-hydrogen) atoms. The van der Waals surface area contributed by atoms with Gasteiger partial charge in [0.2, 0.25) is 5.91 Å². The Morgan fingerprint density at radius 3 is 2.68 bits per heavy atom. The molecule has 1 aliphatic heterocycles. The molecule has 1 amide bonds. The van der Waals surface area contributed by atoms with E-state index < -0.39 is 0 Å². The number of carbonyl (C=O) groups excluding carboxylic acids is 1. The summed E-state index contributed by atoms with van der Waals surface area (Å²) in [5.74, 6) is 0.372. The van der Waals surface area contributed by atoms with Crippen molar-refractivity contribution in [2.75, 3.05) is 26.7 Å². The van der Waals surface area contributed by atoms with Crippen LogP contribution in [0.25, 0.3) is 0 Å². The van der Waals surface area contributed by atoms with Gasteiger partial charge in [-0.15, -0.1) is 0 Å². The van der Waals surface area contributed by atoms with Crippen LogP contribution in [0.15, 0.2) is 48.7 Å². The van der Waals surface area contributed by atoms with Gasteiger partial charge in [0.1, 0.15) is 0 Å². The van der Waals surface area contributed by atoms with Gasteiger partial charge in [-0.1, -0.05) is 30.3 Å². The summed E-state index contributed by atoms with van der Waals surface area (Å²) in [6, 6.07) is 15.0. The van der Waals surface area contributed by atoms with Crippen molar-refractivity contribution in [3.05, 3.63) is 65.5 Å². The van der Waals surface area contributed by atoms with Crippen LogP contribution in [0.3, 0.4) is 0 Å². The molecule has 1 aromatic heterocycles. The number of benzene rings is 1. The van der Waals surface area contributed by atoms with E-state index in [1.165, 1.54) is 11.1 Å². The smallest absolute Gasteiger partial charge is 0.230 e. The van der Waals surface area contributed by atoms with Gasteiger partial charge in [-0.05, 0) is 55.4 Å². The topological polar surface area (TPSA) is 36.4 Å². The number of pyridine rings is 1. The molecule has 2 heterocycles. The number of aryl methyl sites for hydroxylation is 1. The number of hydrogen-bond acceptors (Lipinski definition) is 3. The lowest BCUT2D eigenvalue weighted by atomic mass is 9.81. The first-order chi connectivity index (χ1) is 13.7. The summed E-state index contributed by atoms with van der Waals surface area (Å²) in [5, 5.41) is 0. The number of rotatable bonds is 5. The molecule has 148 valence electrons. The van der Waals surface area contributed by atoms with Crippen LogP contribution in [0.2, 0.25) is 0 Å². The molecule has 0 bridgehead atoms. The Morgan fingerprint density at radius 2 is 1.89 bits per heavy atom. The highest BCUT2D eigenvalue weighted by molar-refractivity contribution is 5.84. The minimum atomic E-state index is 0.0529. The molecule has 4 heteroatoms. The third-order valence-electron chi connectivity index (χ3n) is 6.53. The van der Waals surface area contributed by atoms with Gasteiger partial charge in [0.05, 0.1) is 5.92 Å². The molecule has 0 N–H and O–H groups in total. The average Bonchev–Trinajstić information content (AvgIpc) is 2.77. The van der Waals surface area contributed by atoms with Crippen molar-refractivity contribution in [1.82, 2.24) is 14.8 Å². The molecular weight excluding hydrogens is 346 g/mol. The van der Waals surface area contributed by atoms with Crippen molar-refractivity contribution in [2.45, 2.75) is 50.5 Å². The molecule has 1 atom stereocenters. The number of amides is 1. The first-order valence-electron chi connectivity index (χ1n) is 10.7. The van der Waals surface area contributed by atoms with Crippen LogP contribution in [-0.2, 0) is 17.6 Å². The number of carbonyl (C=O) groups is 1. The van der Waals surface area contributed by atoms with Crippen molar-refractivity contribution < 1.29 is 4.79 Å². The van der Waals surface area contributed by atoms with Gasteiger partial charge in [-0.2, -0.15) is 0 Å². The van der Waals surface area contributed by atoms with E-state index >= 15 is 0 Å². The van der Waals surface area contributed by atoms with Gasteiger partial charge in [0.15, 0.2) is 0 Å². The molecule has 4 rings (SSSR count). The van der Waals surface area contributed by atoms with Crippen LogP contribution in [0.4, 0.5) is 0 Å². The van der Waals surface area contributed by atoms with Crippen LogP contribution in [-0.4, -0.2) is 53.4 Å². The Hall–Kier alpha value is -2.20. The number of nitrogens with zero attached hydrogens (tertiary/aromatic N) is 3. The summed E-state index contributed by atoms with van der Waals surface area (Å²) < 4.78 is 0. The van der Waals surface area contributed by atoms with Crippen molar-refractivity contribution in [1.29, 1.82) is 0 Å². The molecule has 1 fully saturated rings. The Morgan fingerprint density at radius 1 is 1.11 bits per heavy atom. The molecule has 1 aromatic carbocycles. The summed E-state index contributed by atoms with van der Waals surface area (Å²) in [7, 11) is 2.02. The highest BCUT2D eigenvalue weighted by Crippen LogP contribution is 2.33. The lowest BCUT2D eigenvalue weighted by Gasteiger charge is -2.38. The van der Waals surface area contributed by atoms with E-state index in [2.05, 4.69) is 51.2 Å². The second-order valence-electron chi connectivity index (χ2n) is 8.24. The van der Waals surface area contributed by atoms with E-state index in [9.17, 15) is 4.79 Å². The fraction of sp³-hybridized carbons (Fsp3) is 0.500. The first-order valence-corrected chi connectivity index (χ1v) is 10.7. The first kappa shape index (κ1) is 19.1. The van der Waals surface area contributed by atoms with E-state index in [-0.39, 0.29) is 5.92 Å². The standard InChI is InChI=1S/C24H31N3O/c1-26(24(28)23-11-6-8-19-7-2-3-10-22(19)23)21-13-17-27(18-14-21)16-12-20-9-4-5-15-25-20/h2-5,7,9-10,15,21,23H,6,8,11-14,16-18H2,1H3/t23-/m0/s1. The van der Waals surface area contributed by atoms with Gasteiger partial charge in [-0.3, -0.25) is 9.78 Å². The average molecular weight is 378 g/mol. The molecule has 1 aliphatic carbocycles. The monoisotopic (exact) mass is 377 g/mol. The maximum absolute atomic E-state index is 13.3. The summed E-state index contributed by atoms with van der Waals surface area (Å²) in [5.41, 5.74) is 3.79. The zero-order valence-electron chi connectivity index (χ0n) is 16.9. The molecule has 4 nitrogen and oxygen atoms in total. The van der Waals surface area contributed by atoms with E-state index in [1.807, 2.05) is 19.3 Å². The van der Waals surface area contributed by atoms with E-state index in [0.29, 0.717) is 11.9 Å². The van der Waals surface area contributed by atoms with Crippen LogP contribution < -0.4 is 0 Å². The fourth-order valence-corrected chi connectivity index (χ4v) is 4.79. The van der Waals surface area contributed by atoms with E-state index in [4.69, 9.17) is 0 Å². The minimum absolute atomic E-state index is 0.0529. The van der Waals surface area contributed by atoms with Gasteiger partial charge >= 0.3 is 0 Å². The van der Waals surface area contributed by atoms with Gasteiger partial charge in [0, 0.05) is 51.0 Å². The maximum atomic E-state index is 13.3.